The van der Waals surface area contributed by atoms with E-state index in [0.717, 1.165) is 30.4 Å². The third kappa shape index (κ3) is 5.36. The summed E-state index contributed by atoms with van der Waals surface area (Å²) >= 11 is 6.65. The van der Waals surface area contributed by atoms with Crippen LogP contribution < -0.4 is 10.9 Å². The smallest absolute Gasteiger partial charge is 0.264 e. The number of unbranched alkanes of at least 4 members (excludes halogenated alkanes) is 1. The molecule has 96 valence electrons. The number of aromatic nitrogens is 1. The number of rotatable bonds is 6. The molecule has 0 spiro atoms. The maximum absolute atomic E-state index is 11.8. The van der Waals surface area contributed by atoms with Crippen molar-refractivity contribution < 1.29 is 0 Å². The monoisotopic (exact) mass is 364 g/mol. The van der Waals surface area contributed by atoms with Gasteiger partial charge < -0.3 is 9.88 Å². The Morgan fingerprint density at radius 2 is 2.06 bits per heavy atom. The minimum Gasteiger partial charge on any atom is -0.315 e. The normalized spacial score (nSPS) is 11.1. The summed E-state index contributed by atoms with van der Waals surface area (Å²) in [6.45, 7) is 6.03. The van der Waals surface area contributed by atoms with E-state index < -0.39 is 0 Å². The third-order valence-electron chi connectivity index (χ3n) is 2.39. The largest absolute Gasteiger partial charge is 0.315 e. The zero-order valence-corrected chi connectivity index (χ0v) is 13.3. The van der Waals surface area contributed by atoms with Crippen molar-refractivity contribution in [3.63, 3.8) is 0 Å². The first-order chi connectivity index (χ1) is 8.00. The van der Waals surface area contributed by atoms with Crippen LogP contribution in [0.3, 0.4) is 0 Å². The van der Waals surface area contributed by atoms with Gasteiger partial charge in [-0.2, -0.15) is 0 Å². The Balaban J connectivity index is 2.44. The lowest BCUT2D eigenvalue weighted by atomic mass is 10.3. The summed E-state index contributed by atoms with van der Waals surface area (Å²) < 4.78 is 3.26. The molecule has 1 aromatic rings. The van der Waals surface area contributed by atoms with Gasteiger partial charge in [-0.3, -0.25) is 4.79 Å². The highest BCUT2D eigenvalue weighted by Crippen LogP contribution is 2.13. The minimum absolute atomic E-state index is 0.0324. The van der Waals surface area contributed by atoms with Gasteiger partial charge in [0, 0.05) is 23.3 Å². The van der Waals surface area contributed by atoms with Crippen molar-refractivity contribution in [2.24, 2.45) is 0 Å². The molecule has 0 unspecified atom stereocenters. The number of hydrogen-bond acceptors (Lipinski definition) is 2. The van der Waals surface area contributed by atoms with Crippen LogP contribution in [0, 0.1) is 0 Å². The first kappa shape index (κ1) is 14.9. The second kappa shape index (κ2) is 7.34. The molecule has 0 saturated carbocycles. The molecule has 3 nitrogen and oxygen atoms in total. The molecule has 1 aromatic heterocycles. The average molecular weight is 366 g/mol. The first-order valence-electron chi connectivity index (χ1n) is 5.79. The summed E-state index contributed by atoms with van der Waals surface area (Å²) in [5.41, 5.74) is 0.0324. The summed E-state index contributed by atoms with van der Waals surface area (Å²) in [7, 11) is 0. The molecule has 0 amide bonds. The topological polar surface area (TPSA) is 34.0 Å². The first-order valence-corrected chi connectivity index (χ1v) is 7.38. The Labute approximate surface area is 119 Å². The summed E-state index contributed by atoms with van der Waals surface area (Å²) in [4.78, 5) is 11.8. The number of pyridine rings is 1. The molecular weight excluding hydrogens is 348 g/mol. The van der Waals surface area contributed by atoms with Gasteiger partial charge in [-0.25, -0.2) is 0 Å². The Hall–Kier alpha value is -0.130. The Morgan fingerprint density at radius 1 is 1.35 bits per heavy atom. The maximum atomic E-state index is 11.8. The number of aryl methyl sites for hydroxylation is 1. The van der Waals surface area contributed by atoms with E-state index in [9.17, 15) is 4.79 Å². The van der Waals surface area contributed by atoms with E-state index in [1.807, 2.05) is 6.20 Å². The van der Waals surface area contributed by atoms with Crippen LogP contribution in [0.1, 0.15) is 26.7 Å². The van der Waals surface area contributed by atoms with Crippen LogP contribution in [0.5, 0.6) is 0 Å². The van der Waals surface area contributed by atoms with Crippen LogP contribution >= 0.6 is 31.9 Å². The SMILES string of the molecule is CC(C)NCCCCn1cc(Br)cc(Br)c1=O. The van der Waals surface area contributed by atoms with Gasteiger partial charge in [0.1, 0.15) is 0 Å². The van der Waals surface area contributed by atoms with Gasteiger partial charge in [-0.05, 0) is 57.3 Å². The van der Waals surface area contributed by atoms with E-state index in [1.165, 1.54) is 0 Å². The molecule has 0 fully saturated rings. The fourth-order valence-electron chi connectivity index (χ4n) is 1.53. The van der Waals surface area contributed by atoms with Gasteiger partial charge in [0.25, 0.3) is 5.56 Å². The quantitative estimate of drug-likeness (QED) is 0.785. The second-order valence-electron chi connectivity index (χ2n) is 4.32. The Bertz CT molecular complexity index is 415. The van der Waals surface area contributed by atoms with Crippen LogP contribution in [0.4, 0.5) is 0 Å². The predicted octanol–water partition coefficient (Wildman–Crippen LogP) is 3.15. The summed E-state index contributed by atoms with van der Waals surface area (Å²) in [6, 6.07) is 2.30. The zero-order chi connectivity index (χ0) is 12.8. The summed E-state index contributed by atoms with van der Waals surface area (Å²) in [5.74, 6) is 0. The standard InChI is InChI=1S/C12H18Br2N2O/c1-9(2)15-5-3-4-6-16-8-10(13)7-11(14)12(16)17/h7-9,15H,3-6H2,1-2H3. The van der Waals surface area contributed by atoms with Crippen LogP contribution in [-0.2, 0) is 6.54 Å². The highest BCUT2D eigenvalue weighted by atomic mass is 79.9. The lowest BCUT2D eigenvalue weighted by Gasteiger charge is -2.09. The third-order valence-corrected chi connectivity index (χ3v) is 3.39. The summed E-state index contributed by atoms with van der Waals surface area (Å²) in [6.07, 6.45) is 3.92. The molecule has 1 heterocycles. The molecule has 17 heavy (non-hydrogen) atoms. The van der Waals surface area contributed by atoms with E-state index in [-0.39, 0.29) is 5.56 Å². The van der Waals surface area contributed by atoms with Crippen molar-refractivity contribution in [2.45, 2.75) is 39.3 Å². The number of hydrogen-bond donors (Lipinski definition) is 1. The van der Waals surface area contributed by atoms with Gasteiger partial charge in [0.15, 0.2) is 0 Å². The molecule has 1 rings (SSSR count). The highest BCUT2D eigenvalue weighted by molar-refractivity contribution is 9.11. The van der Waals surface area contributed by atoms with Crippen molar-refractivity contribution in [1.29, 1.82) is 0 Å². The molecule has 0 saturated heterocycles. The van der Waals surface area contributed by atoms with Crippen molar-refractivity contribution in [3.05, 3.63) is 31.6 Å². The molecule has 0 aliphatic heterocycles. The van der Waals surface area contributed by atoms with Crippen molar-refractivity contribution in [1.82, 2.24) is 9.88 Å². The molecular formula is C12H18Br2N2O. The van der Waals surface area contributed by atoms with E-state index in [0.29, 0.717) is 10.5 Å². The molecule has 0 aliphatic carbocycles. The van der Waals surface area contributed by atoms with E-state index in [2.05, 4.69) is 51.0 Å². The van der Waals surface area contributed by atoms with Gasteiger partial charge in [-0.15, -0.1) is 0 Å². The molecule has 0 radical (unpaired) electrons. The minimum atomic E-state index is 0.0324. The van der Waals surface area contributed by atoms with Crippen LogP contribution in [-0.4, -0.2) is 17.2 Å². The Morgan fingerprint density at radius 3 is 2.71 bits per heavy atom. The average Bonchev–Trinajstić information content (AvgIpc) is 2.23. The molecule has 0 atom stereocenters. The van der Waals surface area contributed by atoms with Crippen LogP contribution in [0.2, 0.25) is 0 Å². The van der Waals surface area contributed by atoms with Crippen molar-refractivity contribution in [2.75, 3.05) is 6.54 Å². The lowest BCUT2D eigenvalue weighted by Crippen LogP contribution is -2.24. The van der Waals surface area contributed by atoms with Gasteiger partial charge in [0.05, 0.1) is 4.47 Å². The number of nitrogens with one attached hydrogen (secondary N) is 1. The van der Waals surface area contributed by atoms with Gasteiger partial charge >= 0.3 is 0 Å². The Kier molecular flexibility index (Phi) is 6.44. The number of halogens is 2. The van der Waals surface area contributed by atoms with E-state index in [1.54, 1.807) is 10.6 Å². The molecule has 0 bridgehead atoms. The van der Waals surface area contributed by atoms with Crippen molar-refractivity contribution in [3.8, 4) is 0 Å². The predicted molar refractivity (Wildman–Crippen MR) is 78.5 cm³/mol. The zero-order valence-electron chi connectivity index (χ0n) is 10.2. The van der Waals surface area contributed by atoms with Crippen LogP contribution in [0.25, 0.3) is 0 Å². The second-order valence-corrected chi connectivity index (χ2v) is 6.09. The van der Waals surface area contributed by atoms with E-state index >= 15 is 0 Å². The fourth-order valence-corrected chi connectivity index (χ4v) is 2.79. The fraction of sp³-hybridized carbons (Fsp3) is 0.583. The highest BCUT2D eigenvalue weighted by Gasteiger charge is 2.02. The van der Waals surface area contributed by atoms with Crippen molar-refractivity contribution >= 4 is 31.9 Å². The summed E-state index contributed by atoms with van der Waals surface area (Å²) in [5, 5.41) is 3.36. The lowest BCUT2D eigenvalue weighted by molar-refractivity contribution is 0.526. The molecule has 1 N–H and O–H groups in total. The van der Waals surface area contributed by atoms with Gasteiger partial charge in [0.2, 0.25) is 0 Å². The van der Waals surface area contributed by atoms with E-state index in [4.69, 9.17) is 0 Å². The molecule has 5 heteroatoms. The maximum Gasteiger partial charge on any atom is 0.264 e. The molecule has 0 aromatic carbocycles. The van der Waals surface area contributed by atoms with Crippen LogP contribution in [0.15, 0.2) is 26.0 Å². The van der Waals surface area contributed by atoms with Gasteiger partial charge in [-0.1, -0.05) is 13.8 Å². The number of nitrogens with zero attached hydrogens (tertiary/aromatic N) is 1. The molecule has 0 aliphatic rings.